The number of thiocarbonyl (C=S) groups is 1. The Morgan fingerprint density at radius 1 is 1.23 bits per heavy atom. The lowest BCUT2D eigenvalue weighted by molar-refractivity contribution is 0.417. The number of anilines is 1. The number of hydrogen-bond acceptors (Lipinski definition) is 5. The SMILES string of the molecule is COc1ccccc1NC(=S)N/N=C/c1ccc(O)cc1O. The molecule has 0 saturated carbocycles. The number of nitrogens with one attached hydrogen (secondary N) is 2. The molecule has 0 atom stereocenters. The Hall–Kier alpha value is -2.80. The van der Waals surface area contributed by atoms with Gasteiger partial charge in [0, 0.05) is 11.6 Å². The van der Waals surface area contributed by atoms with Crippen LogP contribution >= 0.6 is 12.2 Å². The molecule has 22 heavy (non-hydrogen) atoms. The average molecular weight is 317 g/mol. The molecule has 4 N–H and O–H groups in total. The second-order valence-electron chi connectivity index (χ2n) is 4.27. The summed E-state index contributed by atoms with van der Waals surface area (Å²) in [5.41, 5.74) is 3.80. The molecule has 2 aromatic rings. The highest BCUT2D eigenvalue weighted by molar-refractivity contribution is 7.80. The fourth-order valence-corrected chi connectivity index (χ4v) is 1.86. The molecule has 0 aromatic heterocycles. The summed E-state index contributed by atoms with van der Waals surface area (Å²) in [6, 6.07) is 11.5. The molecule has 0 aliphatic heterocycles. The zero-order chi connectivity index (χ0) is 15.9. The van der Waals surface area contributed by atoms with Crippen LogP contribution in [0.2, 0.25) is 0 Å². The molecule has 2 rings (SSSR count). The number of methoxy groups -OCH3 is 1. The van der Waals surface area contributed by atoms with Crippen LogP contribution < -0.4 is 15.5 Å². The Kier molecular flexibility index (Phi) is 5.16. The Morgan fingerprint density at radius 2 is 2.00 bits per heavy atom. The van der Waals surface area contributed by atoms with E-state index < -0.39 is 0 Å². The van der Waals surface area contributed by atoms with Crippen LogP contribution in [0.15, 0.2) is 47.6 Å². The van der Waals surface area contributed by atoms with Crippen molar-refractivity contribution in [2.45, 2.75) is 0 Å². The number of hydrogen-bond donors (Lipinski definition) is 4. The van der Waals surface area contributed by atoms with Gasteiger partial charge in [0.2, 0.25) is 0 Å². The molecule has 0 fully saturated rings. The molecular weight excluding hydrogens is 302 g/mol. The largest absolute Gasteiger partial charge is 0.508 e. The van der Waals surface area contributed by atoms with Gasteiger partial charge >= 0.3 is 0 Å². The minimum Gasteiger partial charge on any atom is -0.508 e. The van der Waals surface area contributed by atoms with Crippen molar-refractivity contribution in [2.75, 3.05) is 12.4 Å². The highest BCUT2D eigenvalue weighted by Crippen LogP contribution is 2.23. The summed E-state index contributed by atoms with van der Waals surface area (Å²) < 4.78 is 5.20. The molecule has 114 valence electrons. The highest BCUT2D eigenvalue weighted by Gasteiger charge is 2.03. The van der Waals surface area contributed by atoms with Gasteiger partial charge in [0.15, 0.2) is 5.11 Å². The number of benzene rings is 2. The molecule has 7 heteroatoms. The average Bonchev–Trinajstić information content (AvgIpc) is 2.50. The molecule has 0 spiro atoms. The van der Waals surface area contributed by atoms with Crippen molar-refractivity contribution < 1.29 is 14.9 Å². The van der Waals surface area contributed by atoms with E-state index in [1.165, 1.54) is 24.4 Å². The second-order valence-corrected chi connectivity index (χ2v) is 4.68. The van der Waals surface area contributed by atoms with Gasteiger partial charge in [-0.15, -0.1) is 0 Å². The Balaban J connectivity index is 1.96. The number of rotatable bonds is 4. The third-order valence-electron chi connectivity index (χ3n) is 2.74. The number of phenolic OH excluding ortho intramolecular Hbond substituents is 2. The van der Waals surface area contributed by atoms with Crippen LogP contribution in [0, 0.1) is 0 Å². The van der Waals surface area contributed by atoms with Gasteiger partial charge in [-0.2, -0.15) is 5.10 Å². The van der Waals surface area contributed by atoms with Crippen LogP contribution in [0.1, 0.15) is 5.56 Å². The van der Waals surface area contributed by atoms with Crippen LogP contribution in [0.5, 0.6) is 17.2 Å². The van der Waals surface area contributed by atoms with E-state index in [1.807, 2.05) is 24.3 Å². The van der Waals surface area contributed by atoms with Crippen LogP contribution in [0.25, 0.3) is 0 Å². The van der Waals surface area contributed by atoms with Crippen molar-refractivity contribution in [3.8, 4) is 17.2 Å². The van der Waals surface area contributed by atoms with Crippen molar-refractivity contribution in [3.05, 3.63) is 48.0 Å². The van der Waals surface area contributed by atoms with Gasteiger partial charge in [0.05, 0.1) is 19.0 Å². The van der Waals surface area contributed by atoms with Crippen molar-refractivity contribution in [3.63, 3.8) is 0 Å². The Labute approximate surface area is 133 Å². The van der Waals surface area contributed by atoms with Gasteiger partial charge in [-0.25, -0.2) is 0 Å². The first-order chi connectivity index (χ1) is 10.6. The summed E-state index contributed by atoms with van der Waals surface area (Å²) in [7, 11) is 1.57. The van der Waals surface area contributed by atoms with E-state index in [0.717, 1.165) is 0 Å². The monoisotopic (exact) mass is 317 g/mol. The molecule has 0 radical (unpaired) electrons. The lowest BCUT2D eigenvalue weighted by atomic mass is 10.2. The van der Waals surface area contributed by atoms with E-state index in [-0.39, 0.29) is 16.6 Å². The molecule has 2 aromatic carbocycles. The first kappa shape index (κ1) is 15.6. The lowest BCUT2D eigenvalue weighted by Gasteiger charge is -2.10. The molecule has 0 bridgehead atoms. The molecule has 0 aliphatic rings. The van der Waals surface area contributed by atoms with E-state index in [2.05, 4.69) is 15.8 Å². The minimum atomic E-state index is -0.0749. The van der Waals surface area contributed by atoms with Gasteiger partial charge in [0.25, 0.3) is 0 Å². The quantitative estimate of drug-likeness (QED) is 0.394. The van der Waals surface area contributed by atoms with Crippen molar-refractivity contribution >= 4 is 29.2 Å². The summed E-state index contributed by atoms with van der Waals surface area (Å²) in [6.45, 7) is 0. The van der Waals surface area contributed by atoms with Crippen LogP contribution in [-0.2, 0) is 0 Å². The second kappa shape index (κ2) is 7.28. The predicted octanol–water partition coefficient (Wildman–Crippen LogP) is 2.43. The van der Waals surface area contributed by atoms with Crippen LogP contribution in [0.4, 0.5) is 5.69 Å². The number of nitrogens with zero attached hydrogens (tertiary/aromatic N) is 1. The maximum atomic E-state index is 9.62. The fraction of sp³-hybridized carbons (Fsp3) is 0.0667. The minimum absolute atomic E-state index is 0.0176. The fourth-order valence-electron chi connectivity index (χ4n) is 1.70. The van der Waals surface area contributed by atoms with E-state index in [9.17, 15) is 10.2 Å². The smallest absolute Gasteiger partial charge is 0.191 e. The number of ether oxygens (including phenoxy) is 1. The third-order valence-corrected chi connectivity index (χ3v) is 2.93. The molecule has 6 nitrogen and oxygen atoms in total. The van der Waals surface area contributed by atoms with E-state index in [1.54, 1.807) is 7.11 Å². The van der Waals surface area contributed by atoms with E-state index in [4.69, 9.17) is 17.0 Å². The first-order valence-corrected chi connectivity index (χ1v) is 6.76. The molecule has 0 amide bonds. The summed E-state index contributed by atoms with van der Waals surface area (Å²) in [4.78, 5) is 0. The van der Waals surface area contributed by atoms with E-state index >= 15 is 0 Å². The van der Waals surface area contributed by atoms with Gasteiger partial charge in [-0.1, -0.05) is 12.1 Å². The maximum Gasteiger partial charge on any atom is 0.191 e. The summed E-state index contributed by atoms with van der Waals surface area (Å²) in [5.74, 6) is 0.567. The summed E-state index contributed by atoms with van der Waals surface area (Å²) in [6.07, 6.45) is 1.39. The first-order valence-electron chi connectivity index (χ1n) is 6.35. The van der Waals surface area contributed by atoms with Gasteiger partial charge in [-0.05, 0) is 36.5 Å². The van der Waals surface area contributed by atoms with Gasteiger partial charge in [-0.3, -0.25) is 5.43 Å². The Morgan fingerprint density at radius 3 is 2.73 bits per heavy atom. The number of aromatic hydroxyl groups is 2. The van der Waals surface area contributed by atoms with Gasteiger partial charge < -0.3 is 20.3 Å². The zero-order valence-corrected chi connectivity index (χ0v) is 12.6. The number of hydrazone groups is 1. The Bertz CT molecular complexity index is 704. The van der Waals surface area contributed by atoms with Crippen LogP contribution in [0.3, 0.4) is 0 Å². The normalized spacial score (nSPS) is 10.4. The molecule has 0 saturated heterocycles. The summed E-state index contributed by atoms with van der Waals surface area (Å²) in [5, 5.41) is 26.0. The number of phenols is 2. The van der Waals surface area contributed by atoms with Crippen LogP contribution in [-0.4, -0.2) is 28.6 Å². The van der Waals surface area contributed by atoms with Crippen molar-refractivity contribution in [2.24, 2.45) is 5.10 Å². The lowest BCUT2D eigenvalue weighted by Crippen LogP contribution is -2.24. The maximum absolute atomic E-state index is 9.62. The van der Waals surface area contributed by atoms with Crippen molar-refractivity contribution in [1.82, 2.24) is 5.43 Å². The zero-order valence-electron chi connectivity index (χ0n) is 11.8. The topological polar surface area (TPSA) is 86.1 Å². The molecule has 0 unspecified atom stereocenters. The summed E-state index contributed by atoms with van der Waals surface area (Å²) >= 11 is 5.12. The molecule has 0 heterocycles. The third kappa shape index (κ3) is 4.10. The van der Waals surface area contributed by atoms with Crippen molar-refractivity contribution in [1.29, 1.82) is 0 Å². The van der Waals surface area contributed by atoms with E-state index in [0.29, 0.717) is 17.0 Å². The van der Waals surface area contributed by atoms with Gasteiger partial charge in [0.1, 0.15) is 17.2 Å². The predicted molar refractivity (Wildman–Crippen MR) is 89.7 cm³/mol. The highest BCUT2D eigenvalue weighted by atomic mass is 32.1. The molecule has 0 aliphatic carbocycles. The molecular formula is C15H15N3O3S. The number of para-hydroxylation sites is 2. The standard InChI is InChI=1S/C15H15N3O3S/c1-21-14-5-3-2-4-12(14)17-15(22)18-16-9-10-6-7-11(19)8-13(10)20/h2-9,19-20H,1H3,(H2,17,18,22)/b16-9+.